The average Bonchev–Trinajstić information content (AvgIpc) is 2.16. The molecule has 0 aliphatic rings. The Kier molecular flexibility index (Phi) is 5.98. The van der Waals surface area contributed by atoms with Crippen molar-refractivity contribution >= 4 is 11.9 Å². The van der Waals surface area contributed by atoms with Gasteiger partial charge < -0.3 is 21.3 Å². The highest BCUT2D eigenvalue weighted by Crippen LogP contribution is 2.09. The highest BCUT2D eigenvalue weighted by molar-refractivity contribution is 5.89. The lowest BCUT2D eigenvalue weighted by Gasteiger charge is -2.25. The summed E-state index contributed by atoms with van der Waals surface area (Å²) in [6.07, 6.45) is 1.19. The van der Waals surface area contributed by atoms with Crippen LogP contribution in [0.1, 0.15) is 33.1 Å². The van der Waals surface area contributed by atoms with Crippen molar-refractivity contribution in [3.05, 3.63) is 0 Å². The number of rotatable bonds is 7. The first kappa shape index (κ1) is 14.9. The molecule has 0 rings (SSSR count). The lowest BCUT2D eigenvalue weighted by molar-refractivity contribution is -0.143. The molecule has 0 aromatic rings. The van der Waals surface area contributed by atoms with Gasteiger partial charge in [-0.3, -0.25) is 4.79 Å². The van der Waals surface area contributed by atoms with Gasteiger partial charge in [0, 0.05) is 13.0 Å². The predicted molar refractivity (Wildman–Crippen MR) is 58.8 cm³/mol. The highest BCUT2D eigenvalue weighted by Gasteiger charge is 2.30. The monoisotopic (exact) mass is 232 g/mol. The molecule has 0 radical (unpaired) electrons. The molecule has 94 valence electrons. The first-order valence-corrected chi connectivity index (χ1v) is 5.28. The van der Waals surface area contributed by atoms with E-state index in [1.165, 1.54) is 0 Å². The van der Waals surface area contributed by atoms with E-state index in [4.69, 9.17) is 15.9 Å². The van der Waals surface area contributed by atoms with Crippen molar-refractivity contribution < 1.29 is 19.8 Å². The van der Waals surface area contributed by atoms with E-state index in [-0.39, 0.29) is 13.0 Å². The molecule has 6 nitrogen and oxygen atoms in total. The molecule has 6 heteroatoms. The van der Waals surface area contributed by atoms with E-state index in [2.05, 4.69) is 5.32 Å². The number of carboxylic acids is 1. The van der Waals surface area contributed by atoms with Gasteiger partial charge in [0.1, 0.15) is 6.04 Å². The van der Waals surface area contributed by atoms with E-state index in [0.29, 0.717) is 6.42 Å². The lowest BCUT2D eigenvalue weighted by Crippen LogP contribution is -2.55. The molecule has 0 saturated carbocycles. The maximum absolute atomic E-state index is 11.7. The summed E-state index contributed by atoms with van der Waals surface area (Å²) < 4.78 is 0. The van der Waals surface area contributed by atoms with Crippen molar-refractivity contribution in [2.45, 2.75) is 44.7 Å². The van der Waals surface area contributed by atoms with Crippen molar-refractivity contribution in [2.24, 2.45) is 5.73 Å². The fraction of sp³-hybridized carbons (Fsp3) is 0.800. The molecule has 2 unspecified atom stereocenters. The second kappa shape index (κ2) is 6.44. The van der Waals surface area contributed by atoms with Crippen molar-refractivity contribution in [1.29, 1.82) is 0 Å². The number of nitrogens with two attached hydrogens (primary N) is 1. The molecule has 0 heterocycles. The van der Waals surface area contributed by atoms with Crippen LogP contribution in [0.5, 0.6) is 0 Å². The standard InChI is InChI=1S/C10H20N2O4/c1-3-5-10(2,11)9(16)12-7(4-6-13)8(14)15/h7,13H,3-6,11H2,1-2H3,(H,12,16)(H,14,15). The van der Waals surface area contributed by atoms with Crippen LogP contribution >= 0.6 is 0 Å². The third kappa shape index (κ3) is 4.59. The van der Waals surface area contributed by atoms with Crippen LogP contribution in [-0.2, 0) is 9.59 Å². The zero-order chi connectivity index (χ0) is 12.8. The Balaban J connectivity index is 4.44. The number of hydrogen-bond acceptors (Lipinski definition) is 4. The van der Waals surface area contributed by atoms with Crippen molar-refractivity contribution in [2.75, 3.05) is 6.61 Å². The summed E-state index contributed by atoms with van der Waals surface area (Å²) in [5.74, 6) is -1.68. The summed E-state index contributed by atoms with van der Waals surface area (Å²) in [6, 6.07) is -1.09. The molecule has 0 aromatic heterocycles. The van der Waals surface area contributed by atoms with Crippen molar-refractivity contribution in [3.8, 4) is 0 Å². The summed E-state index contributed by atoms with van der Waals surface area (Å²) >= 11 is 0. The Morgan fingerprint density at radius 3 is 2.44 bits per heavy atom. The van der Waals surface area contributed by atoms with Crippen LogP contribution in [0, 0.1) is 0 Å². The van der Waals surface area contributed by atoms with Crippen LogP contribution in [0.4, 0.5) is 0 Å². The van der Waals surface area contributed by atoms with Crippen LogP contribution in [0.15, 0.2) is 0 Å². The molecule has 0 saturated heterocycles. The number of aliphatic hydroxyl groups is 1. The van der Waals surface area contributed by atoms with Crippen LogP contribution in [0.25, 0.3) is 0 Å². The molecular formula is C10H20N2O4. The normalized spacial score (nSPS) is 16.2. The number of hydrogen-bond donors (Lipinski definition) is 4. The van der Waals surface area contributed by atoms with E-state index in [0.717, 1.165) is 6.42 Å². The highest BCUT2D eigenvalue weighted by atomic mass is 16.4. The van der Waals surface area contributed by atoms with Crippen molar-refractivity contribution in [3.63, 3.8) is 0 Å². The summed E-state index contributed by atoms with van der Waals surface area (Å²) in [4.78, 5) is 22.4. The predicted octanol–water partition coefficient (Wildman–Crippen LogP) is -0.544. The topological polar surface area (TPSA) is 113 Å². The maximum atomic E-state index is 11.7. The molecule has 5 N–H and O–H groups in total. The minimum Gasteiger partial charge on any atom is -0.480 e. The molecule has 0 bridgehead atoms. The van der Waals surface area contributed by atoms with Gasteiger partial charge in [-0.1, -0.05) is 13.3 Å². The van der Waals surface area contributed by atoms with Gasteiger partial charge in [-0.2, -0.15) is 0 Å². The number of carbonyl (C=O) groups excluding carboxylic acids is 1. The number of carboxylic acid groups (broad SMARTS) is 1. The van der Waals surface area contributed by atoms with Gasteiger partial charge in [-0.15, -0.1) is 0 Å². The summed E-state index contributed by atoms with van der Waals surface area (Å²) in [7, 11) is 0. The first-order valence-electron chi connectivity index (χ1n) is 5.28. The van der Waals surface area contributed by atoms with Gasteiger partial charge in [0.15, 0.2) is 0 Å². The van der Waals surface area contributed by atoms with Crippen LogP contribution in [0.3, 0.4) is 0 Å². The van der Waals surface area contributed by atoms with E-state index in [1.807, 2.05) is 6.92 Å². The molecule has 0 aliphatic heterocycles. The molecule has 1 amide bonds. The Morgan fingerprint density at radius 2 is 2.06 bits per heavy atom. The number of aliphatic carboxylic acids is 1. The van der Waals surface area contributed by atoms with E-state index in [1.54, 1.807) is 6.92 Å². The van der Waals surface area contributed by atoms with Gasteiger partial charge >= 0.3 is 5.97 Å². The summed E-state index contributed by atoms with van der Waals surface area (Å²) in [5.41, 5.74) is 4.68. The Labute approximate surface area is 94.8 Å². The molecule has 2 atom stereocenters. The third-order valence-corrected chi connectivity index (χ3v) is 2.31. The molecule has 0 aliphatic carbocycles. The van der Waals surface area contributed by atoms with Crippen LogP contribution in [-0.4, -0.2) is 40.3 Å². The Bertz CT molecular complexity index is 253. The van der Waals surface area contributed by atoms with E-state index < -0.39 is 23.5 Å². The fourth-order valence-electron chi connectivity index (χ4n) is 1.34. The third-order valence-electron chi connectivity index (χ3n) is 2.31. The van der Waals surface area contributed by atoms with Gasteiger partial charge in [-0.05, 0) is 13.3 Å². The first-order chi connectivity index (χ1) is 7.35. The SMILES string of the molecule is CCCC(C)(N)C(=O)NC(CCO)C(=O)O. The maximum Gasteiger partial charge on any atom is 0.326 e. The largest absolute Gasteiger partial charge is 0.480 e. The zero-order valence-electron chi connectivity index (χ0n) is 9.69. The molecule has 0 aromatic carbocycles. The Hall–Kier alpha value is -1.14. The minimum absolute atomic E-state index is 0.0245. The number of aliphatic hydroxyl groups excluding tert-OH is 1. The lowest BCUT2D eigenvalue weighted by atomic mass is 9.96. The Morgan fingerprint density at radius 1 is 1.50 bits per heavy atom. The summed E-state index contributed by atoms with van der Waals surface area (Å²) in [5, 5.41) is 19.8. The van der Waals surface area contributed by atoms with Crippen LogP contribution < -0.4 is 11.1 Å². The number of nitrogens with one attached hydrogen (secondary N) is 1. The molecule has 16 heavy (non-hydrogen) atoms. The van der Waals surface area contributed by atoms with Crippen LogP contribution in [0.2, 0.25) is 0 Å². The average molecular weight is 232 g/mol. The van der Waals surface area contributed by atoms with Crippen molar-refractivity contribution in [1.82, 2.24) is 5.32 Å². The second-order valence-electron chi connectivity index (χ2n) is 4.04. The minimum atomic E-state index is -1.17. The van der Waals surface area contributed by atoms with Gasteiger partial charge in [0.2, 0.25) is 5.91 Å². The number of amides is 1. The van der Waals surface area contributed by atoms with E-state index in [9.17, 15) is 9.59 Å². The van der Waals surface area contributed by atoms with Gasteiger partial charge in [0.25, 0.3) is 0 Å². The fourth-order valence-corrected chi connectivity index (χ4v) is 1.34. The smallest absolute Gasteiger partial charge is 0.326 e. The zero-order valence-corrected chi connectivity index (χ0v) is 9.69. The van der Waals surface area contributed by atoms with E-state index >= 15 is 0 Å². The molecule has 0 spiro atoms. The number of carbonyl (C=O) groups is 2. The quantitative estimate of drug-likeness (QED) is 0.470. The summed E-state index contributed by atoms with van der Waals surface area (Å²) in [6.45, 7) is 3.15. The second-order valence-corrected chi connectivity index (χ2v) is 4.04. The molecule has 0 fully saturated rings. The van der Waals surface area contributed by atoms with Gasteiger partial charge in [-0.25, -0.2) is 4.79 Å². The molecular weight excluding hydrogens is 212 g/mol. The van der Waals surface area contributed by atoms with Gasteiger partial charge in [0.05, 0.1) is 5.54 Å².